The van der Waals surface area contributed by atoms with E-state index in [0.717, 1.165) is 28.7 Å². The SMILES string of the molecule is Cc1cc(NC(=O)CCOc2cccc(C)c2C)ccc1NS(C)(=O)=O. The fourth-order valence-corrected chi connectivity index (χ4v) is 3.04. The molecule has 0 spiro atoms. The summed E-state index contributed by atoms with van der Waals surface area (Å²) in [6.45, 7) is 6.05. The molecule has 2 aromatic carbocycles. The molecule has 0 bridgehead atoms. The Labute approximate surface area is 154 Å². The van der Waals surface area contributed by atoms with Crippen LogP contribution in [-0.2, 0) is 14.8 Å². The Hall–Kier alpha value is -2.54. The lowest BCUT2D eigenvalue weighted by Gasteiger charge is -2.12. The van der Waals surface area contributed by atoms with E-state index in [2.05, 4.69) is 10.0 Å². The van der Waals surface area contributed by atoms with E-state index in [1.807, 2.05) is 32.0 Å². The van der Waals surface area contributed by atoms with Crippen LogP contribution in [0.3, 0.4) is 0 Å². The van der Waals surface area contributed by atoms with E-state index in [0.29, 0.717) is 11.4 Å². The maximum Gasteiger partial charge on any atom is 0.229 e. The Bertz CT molecular complexity index is 908. The maximum atomic E-state index is 12.1. The summed E-state index contributed by atoms with van der Waals surface area (Å²) in [6, 6.07) is 10.8. The molecule has 2 aromatic rings. The van der Waals surface area contributed by atoms with Gasteiger partial charge in [0.15, 0.2) is 0 Å². The summed E-state index contributed by atoms with van der Waals surface area (Å²) >= 11 is 0. The van der Waals surface area contributed by atoms with E-state index in [9.17, 15) is 13.2 Å². The molecular formula is C19H24N2O4S. The molecule has 0 aliphatic heterocycles. The van der Waals surface area contributed by atoms with E-state index in [1.54, 1.807) is 25.1 Å². The van der Waals surface area contributed by atoms with Gasteiger partial charge in [-0.25, -0.2) is 8.42 Å². The Morgan fingerprint density at radius 1 is 1.08 bits per heavy atom. The average molecular weight is 376 g/mol. The zero-order valence-corrected chi connectivity index (χ0v) is 16.2. The van der Waals surface area contributed by atoms with Crippen molar-refractivity contribution in [3.8, 4) is 5.75 Å². The molecule has 0 saturated heterocycles. The van der Waals surface area contributed by atoms with Gasteiger partial charge < -0.3 is 10.1 Å². The molecule has 0 aromatic heterocycles. The minimum atomic E-state index is -3.33. The van der Waals surface area contributed by atoms with Gasteiger partial charge in [-0.2, -0.15) is 0 Å². The van der Waals surface area contributed by atoms with Gasteiger partial charge in [-0.1, -0.05) is 12.1 Å². The van der Waals surface area contributed by atoms with Gasteiger partial charge in [-0.3, -0.25) is 9.52 Å². The highest BCUT2D eigenvalue weighted by molar-refractivity contribution is 7.92. The lowest BCUT2D eigenvalue weighted by molar-refractivity contribution is -0.116. The number of amides is 1. The molecule has 26 heavy (non-hydrogen) atoms. The summed E-state index contributed by atoms with van der Waals surface area (Å²) in [4.78, 5) is 12.1. The first-order valence-corrected chi connectivity index (χ1v) is 10.1. The lowest BCUT2D eigenvalue weighted by Crippen LogP contribution is -2.16. The molecule has 0 radical (unpaired) electrons. The summed E-state index contributed by atoms with van der Waals surface area (Å²) in [5.74, 6) is 0.614. The Morgan fingerprint density at radius 3 is 2.46 bits per heavy atom. The van der Waals surface area contributed by atoms with Crippen LogP contribution in [0, 0.1) is 20.8 Å². The molecular weight excluding hydrogens is 352 g/mol. The summed E-state index contributed by atoms with van der Waals surface area (Å²) in [7, 11) is -3.33. The number of benzene rings is 2. The van der Waals surface area contributed by atoms with E-state index in [-0.39, 0.29) is 18.9 Å². The van der Waals surface area contributed by atoms with Crippen LogP contribution in [0.5, 0.6) is 5.75 Å². The second-order valence-electron chi connectivity index (χ2n) is 6.25. The first kappa shape index (κ1) is 19.8. The Kier molecular flexibility index (Phi) is 6.26. The predicted octanol–water partition coefficient (Wildman–Crippen LogP) is 3.39. The van der Waals surface area contributed by atoms with Crippen LogP contribution in [0.1, 0.15) is 23.1 Å². The van der Waals surface area contributed by atoms with Crippen LogP contribution < -0.4 is 14.8 Å². The smallest absolute Gasteiger partial charge is 0.229 e. The number of hydrogen-bond donors (Lipinski definition) is 2. The number of nitrogens with one attached hydrogen (secondary N) is 2. The van der Waals surface area contributed by atoms with Crippen molar-refractivity contribution in [3.63, 3.8) is 0 Å². The van der Waals surface area contributed by atoms with Gasteiger partial charge in [0.25, 0.3) is 0 Å². The van der Waals surface area contributed by atoms with Crippen molar-refractivity contribution in [2.75, 3.05) is 22.9 Å². The fraction of sp³-hybridized carbons (Fsp3) is 0.316. The number of rotatable bonds is 7. The highest BCUT2D eigenvalue weighted by atomic mass is 32.2. The largest absolute Gasteiger partial charge is 0.493 e. The Morgan fingerprint density at radius 2 is 1.81 bits per heavy atom. The van der Waals surface area contributed by atoms with Crippen molar-refractivity contribution in [1.82, 2.24) is 0 Å². The predicted molar refractivity (Wildman–Crippen MR) is 104 cm³/mol. The fourth-order valence-electron chi connectivity index (χ4n) is 2.41. The number of carbonyl (C=O) groups excluding carboxylic acids is 1. The van der Waals surface area contributed by atoms with Crippen molar-refractivity contribution < 1.29 is 17.9 Å². The molecule has 0 fully saturated rings. The van der Waals surface area contributed by atoms with Gasteiger partial charge in [0.1, 0.15) is 5.75 Å². The second-order valence-corrected chi connectivity index (χ2v) is 8.00. The molecule has 7 heteroatoms. The quantitative estimate of drug-likeness (QED) is 0.776. The topological polar surface area (TPSA) is 84.5 Å². The van der Waals surface area contributed by atoms with Crippen LogP contribution in [0.4, 0.5) is 11.4 Å². The average Bonchev–Trinajstić information content (AvgIpc) is 2.53. The third-order valence-corrected chi connectivity index (χ3v) is 4.54. The number of anilines is 2. The molecule has 0 unspecified atom stereocenters. The van der Waals surface area contributed by atoms with Gasteiger partial charge >= 0.3 is 0 Å². The minimum absolute atomic E-state index is 0.168. The van der Waals surface area contributed by atoms with Crippen molar-refractivity contribution in [1.29, 1.82) is 0 Å². The van der Waals surface area contributed by atoms with Crippen molar-refractivity contribution >= 4 is 27.3 Å². The van der Waals surface area contributed by atoms with Crippen molar-refractivity contribution in [2.24, 2.45) is 0 Å². The molecule has 1 amide bonds. The second kappa shape index (κ2) is 8.23. The van der Waals surface area contributed by atoms with Gasteiger partial charge in [-0.05, 0) is 61.7 Å². The van der Waals surface area contributed by atoms with Gasteiger partial charge in [0, 0.05) is 5.69 Å². The first-order chi connectivity index (χ1) is 12.2. The summed E-state index contributed by atoms with van der Waals surface area (Å²) in [5, 5.41) is 2.79. The molecule has 0 aliphatic rings. The summed E-state index contributed by atoms with van der Waals surface area (Å²) in [6.07, 6.45) is 1.31. The Balaban J connectivity index is 1.89. The monoisotopic (exact) mass is 376 g/mol. The van der Waals surface area contributed by atoms with Crippen LogP contribution in [0.2, 0.25) is 0 Å². The van der Waals surface area contributed by atoms with Crippen LogP contribution in [0.15, 0.2) is 36.4 Å². The third-order valence-electron chi connectivity index (χ3n) is 3.95. The summed E-state index contributed by atoms with van der Waals surface area (Å²) in [5.41, 5.74) is 4.03. The van der Waals surface area contributed by atoms with Crippen LogP contribution in [-0.4, -0.2) is 27.2 Å². The number of ether oxygens (including phenoxy) is 1. The normalized spacial score (nSPS) is 11.1. The van der Waals surface area contributed by atoms with Gasteiger partial charge in [0.05, 0.1) is 25.0 Å². The van der Waals surface area contributed by atoms with Crippen molar-refractivity contribution in [3.05, 3.63) is 53.1 Å². The van der Waals surface area contributed by atoms with Crippen LogP contribution >= 0.6 is 0 Å². The molecule has 0 saturated carbocycles. The van der Waals surface area contributed by atoms with E-state index < -0.39 is 10.0 Å². The molecule has 2 rings (SSSR count). The zero-order valence-electron chi connectivity index (χ0n) is 15.4. The van der Waals surface area contributed by atoms with Crippen molar-refractivity contribution in [2.45, 2.75) is 27.2 Å². The zero-order chi connectivity index (χ0) is 19.3. The number of aryl methyl sites for hydroxylation is 2. The van der Waals surface area contributed by atoms with Gasteiger partial charge in [0.2, 0.25) is 15.9 Å². The highest BCUT2D eigenvalue weighted by Crippen LogP contribution is 2.22. The highest BCUT2D eigenvalue weighted by Gasteiger charge is 2.08. The molecule has 0 aliphatic carbocycles. The third kappa shape index (κ3) is 5.77. The first-order valence-electron chi connectivity index (χ1n) is 8.23. The summed E-state index contributed by atoms with van der Waals surface area (Å²) < 4.78 is 30.7. The number of hydrogen-bond acceptors (Lipinski definition) is 4. The number of sulfonamides is 1. The lowest BCUT2D eigenvalue weighted by atomic mass is 10.1. The van der Waals surface area contributed by atoms with E-state index in [1.165, 1.54) is 0 Å². The number of carbonyl (C=O) groups is 1. The minimum Gasteiger partial charge on any atom is -0.493 e. The molecule has 140 valence electrons. The van der Waals surface area contributed by atoms with E-state index >= 15 is 0 Å². The molecule has 0 atom stereocenters. The molecule has 2 N–H and O–H groups in total. The standard InChI is InChI=1S/C19H24N2O4S/c1-13-6-5-7-18(15(13)3)25-11-10-19(22)20-16-8-9-17(14(2)12-16)21-26(4,23)24/h5-9,12,21H,10-11H2,1-4H3,(H,20,22). The van der Waals surface area contributed by atoms with Crippen LogP contribution in [0.25, 0.3) is 0 Å². The molecule has 0 heterocycles. The van der Waals surface area contributed by atoms with E-state index in [4.69, 9.17) is 4.74 Å². The maximum absolute atomic E-state index is 12.1. The van der Waals surface area contributed by atoms with Gasteiger partial charge in [-0.15, -0.1) is 0 Å². The molecule has 6 nitrogen and oxygen atoms in total.